The van der Waals surface area contributed by atoms with Gasteiger partial charge in [-0.05, 0) is 6.42 Å². The minimum Gasteiger partial charge on any atom is -0.383 e. The molecule has 0 amide bonds. The Morgan fingerprint density at radius 3 is 2.62 bits per heavy atom. The molecule has 1 aromatic rings. The van der Waals surface area contributed by atoms with Gasteiger partial charge in [-0.1, -0.05) is 35.7 Å². The van der Waals surface area contributed by atoms with Crippen LogP contribution in [0.25, 0.3) is 0 Å². The molecule has 0 aliphatic carbocycles. The molecule has 92 valence electrons. The first kappa shape index (κ1) is 13.6. The van der Waals surface area contributed by atoms with E-state index in [4.69, 9.17) is 4.74 Å². The number of hydrogen-bond acceptors (Lipinski definition) is 3. The van der Waals surface area contributed by atoms with E-state index in [-0.39, 0.29) is 0 Å². The summed E-state index contributed by atoms with van der Waals surface area (Å²) in [7, 11) is 1.72. The third-order valence-corrected chi connectivity index (χ3v) is 3.05. The Hall–Kier alpha value is -0.420. The smallest absolute Gasteiger partial charge is 0.143 e. The van der Waals surface area contributed by atoms with Gasteiger partial charge >= 0.3 is 0 Å². The molecular weight excluding hydrogens is 270 g/mol. The molecule has 1 heterocycles. The van der Waals surface area contributed by atoms with Crippen LogP contribution in [-0.4, -0.2) is 28.5 Å². The van der Waals surface area contributed by atoms with E-state index in [0.717, 1.165) is 29.9 Å². The number of rotatable bonds is 8. The molecule has 0 fully saturated rings. The van der Waals surface area contributed by atoms with Gasteiger partial charge in [0.1, 0.15) is 11.6 Å². The average Bonchev–Trinajstić information content (AvgIpc) is 2.69. The van der Waals surface area contributed by atoms with Gasteiger partial charge < -0.3 is 9.30 Å². The molecule has 5 heteroatoms. The van der Waals surface area contributed by atoms with E-state index < -0.39 is 0 Å². The Kier molecular flexibility index (Phi) is 6.64. The number of ether oxygens (including phenoxy) is 1. The van der Waals surface area contributed by atoms with Gasteiger partial charge in [-0.15, -0.1) is 10.2 Å². The number of nitrogens with zero attached hydrogens (tertiary/aromatic N) is 3. The summed E-state index contributed by atoms with van der Waals surface area (Å²) in [6, 6.07) is 0. The lowest BCUT2D eigenvalue weighted by molar-refractivity contribution is 0.185. The Bertz CT molecular complexity index is 301. The van der Waals surface area contributed by atoms with E-state index in [2.05, 4.69) is 37.6 Å². The van der Waals surface area contributed by atoms with Gasteiger partial charge in [-0.2, -0.15) is 0 Å². The number of methoxy groups -OCH3 is 1. The van der Waals surface area contributed by atoms with Crippen LogP contribution in [0.2, 0.25) is 0 Å². The third-order valence-electron chi connectivity index (χ3n) is 2.55. The highest BCUT2D eigenvalue weighted by atomic mass is 79.9. The molecule has 0 aliphatic rings. The third kappa shape index (κ3) is 3.87. The fourth-order valence-electron chi connectivity index (χ4n) is 1.63. The molecule has 0 saturated carbocycles. The predicted molar refractivity (Wildman–Crippen MR) is 67.8 cm³/mol. The van der Waals surface area contributed by atoms with E-state index in [9.17, 15) is 0 Å². The zero-order valence-electron chi connectivity index (χ0n) is 10.1. The van der Waals surface area contributed by atoms with Crippen LogP contribution >= 0.6 is 15.9 Å². The SMILES string of the molecule is CCCCCc1nnc(CBr)n1CCOC. The van der Waals surface area contributed by atoms with Crippen LogP contribution in [-0.2, 0) is 23.0 Å². The van der Waals surface area contributed by atoms with E-state index >= 15 is 0 Å². The second kappa shape index (κ2) is 7.79. The lowest BCUT2D eigenvalue weighted by atomic mass is 10.2. The fourth-order valence-corrected chi connectivity index (χ4v) is 2.04. The maximum Gasteiger partial charge on any atom is 0.143 e. The number of hydrogen-bond donors (Lipinski definition) is 0. The summed E-state index contributed by atoms with van der Waals surface area (Å²) in [5, 5.41) is 9.16. The Morgan fingerprint density at radius 2 is 2.00 bits per heavy atom. The van der Waals surface area contributed by atoms with Crippen LogP contribution in [0.15, 0.2) is 0 Å². The molecule has 0 bridgehead atoms. The van der Waals surface area contributed by atoms with Crippen molar-refractivity contribution in [2.75, 3.05) is 13.7 Å². The predicted octanol–water partition coefficient (Wildman–Crippen LogP) is 2.55. The van der Waals surface area contributed by atoms with Crippen molar-refractivity contribution in [1.82, 2.24) is 14.8 Å². The van der Waals surface area contributed by atoms with Crippen molar-refractivity contribution >= 4 is 15.9 Å². The van der Waals surface area contributed by atoms with Crippen molar-refractivity contribution in [3.63, 3.8) is 0 Å². The first-order valence-electron chi connectivity index (χ1n) is 5.79. The van der Waals surface area contributed by atoms with Gasteiger partial charge in [0.2, 0.25) is 0 Å². The number of aromatic nitrogens is 3. The first-order valence-corrected chi connectivity index (χ1v) is 6.91. The number of aryl methyl sites for hydroxylation is 1. The molecule has 1 rings (SSSR count). The Labute approximate surface area is 106 Å². The van der Waals surface area contributed by atoms with Gasteiger partial charge in [0.25, 0.3) is 0 Å². The highest BCUT2D eigenvalue weighted by molar-refractivity contribution is 9.08. The zero-order chi connectivity index (χ0) is 11.8. The summed E-state index contributed by atoms with van der Waals surface area (Å²) >= 11 is 3.43. The molecule has 0 aromatic carbocycles. The summed E-state index contributed by atoms with van der Waals surface area (Å²) in [5.41, 5.74) is 0. The van der Waals surface area contributed by atoms with Gasteiger partial charge in [-0.25, -0.2) is 0 Å². The lowest BCUT2D eigenvalue weighted by Crippen LogP contribution is -2.11. The van der Waals surface area contributed by atoms with E-state index in [1.54, 1.807) is 7.11 Å². The molecule has 0 aliphatic heterocycles. The van der Waals surface area contributed by atoms with Crippen molar-refractivity contribution < 1.29 is 4.74 Å². The zero-order valence-corrected chi connectivity index (χ0v) is 11.7. The fraction of sp³-hybridized carbons (Fsp3) is 0.818. The summed E-state index contributed by atoms with van der Waals surface area (Å²) in [4.78, 5) is 0. The van der Waals surface area contributed by atoms with Crippen molar-refractivity contribution in [1.29, 1.82) is 0 Å². The quantitative estimate of drug-likeness (QED) is 0.545. The van der Waals surface area contributed by atoms with Crippen molar-refractivity contribution in [3.05, 3.63) is 11.6 Å². The van der Waals surface area contributed by atoms with Crippen LogP contribution in [0.5, 0.6) is 0 Å². The van der Waals surface area contributed by atoms with Crippen LogP contribution in [0.3, 0.4) is 0 Å². The summed E-state index contributed by atoms with van der Waals surface area (Å²) in [5.74, 6) is 2.07. The molecule has 0 radical (unpaired) electrons. The largest absolute Gasteiger partial charge is 0.383 e. The number of halogens is 1. The second-order valence-electron chi connectivity index (χ2n) is 3.77. The summed E-state index contributed by atoms with van der Waals surface area (Å²) in [6.45, 7) is 3.75. The highest BCUT2D eigenvalue weighted by Gasteiger charge is 2.10. The summed E-state index contributed by atoms with van der Waals surface area (Å²) < 4.78 is 7.26. The van der Waals surface area contributed by atoms with Gasteiger partial charge in [0, 0.05) is 20.1 Å². The lowest BCUT2D eigenvalue weighted by Gasteiger charge is -2.08. The van der Waals surface area contributed by atoms with Gasteiger partial charge in [0.15, 0.2) is 0 Å². The molecule has 4 nitrogen and oxygen atoms in total. The van der Waals surface area contributed by atoms with Crippen molar-refractivity contribution in [2.45, 2.75) is 44.5 Å². The van der Waals surface area contributed by atoms with Crippen LogP contribution in [0.1, 0.15) is 37.8 Å². The maximum absolute atomic E-state index is 5.10. The molecule has 0 unspecified atom stereocenters. The molecule has 0 saturated heterocycles. The van der Waals surface area contributed by atoms with E-state index in [1.807, 2.05) is 0 Å². The molecule has 0 spiro atoms. The monoisotopic (exact) mass is 289 g/mol. The van der Waals surface area contributed by atoms with Crippen molar-refractivity contribution in [3.8, 4) is 0 Å². The Balaban J connectivity index is 2.62. The number of unbranched alkanes of at least 4 members (excludes halogenated alkanes) is 2. The minimum atomic E-state index is 0.707. The topological polar surface area (TPSA) is 39.9 Å². The molecule has 0 atom stereocenters. The molecule has 16 heavy (non-hydrogen) atoms. The van der Waals surface area contributed by atoms with E-state index in [0.29, 0.717) is 6.61 Å². The van der Waals surface area contributed by atoms with Crippen LogP contribution < -0.4 is 0 Å². The highest BCUT2D eigenvalue weighted by Crippen LogP contribution is 2.10. The maximum atomic E-state index is 5.10. The van der Waals surface area contributed by atoms with Gasteiger partial charge in [0.05, 0.1) is 11.9 Å². The Morgan fingerprint density at radius 1 is 1.25 bits per heavy atom. The molecule has 0 N–H and O–H groups in total. The number of alkyl halides is 1. The average molecular weight is 290 g/mol. The standard InChI is InChI=1S/C11H20BrN3O/c1-3-4-5-6-10-13-14-11(9-12)15(10)7-8-16-2/h3-9H2,1-2H3. The second-order valence-corrected chi connectivity index (χ2v) is 4.33. The van der Waals surface area contributed by atoms with E-state index in [1.165, 1.54) is 19.3 Å². The van der Waals surface area contributed by atoms with Crippen molar-refractivity contribution in [2.24, 2.45) is 0 Å². The molecular formula is C11H20BrN3O. The van der Waals surface area contributed by atoms with Gasteiger partial charge in [-0.3, -0.25) is 0 Å². The van der Waals surface area contributed by atoms with Crippen LogP contribution in [0, 0.1) is 0 Å². The molecule has 1 aromatic heterocycles. The van der Waals surface area contributed by atoms with Crippen LogP contribution in [0.4, 0.5) is 0 Å². The summed E-state index contributed by atoms with van der Waals surface area (Å²) in [6.07, 6.45) is 4.68. The minimum absolute atomic E-state index is 0.707. The normalized spacial score (nSPS) is 10.9. The first-order chi connectivity index (χ1) is 7.83.